The first kappa shape index (κ1) is 16.7. The third kappa shape index (κ3) is 4.02. The van der Waals surface area contributed by atoms with Crippen LogP contribution in [0, 0.1) is 5.92 Å². The predicted molar refractivity (Wildman–Crippen MR) is 97.1 cm³/mol. The summed E-state index contributed by atoms with van der Waals surface area (Å²) < 4.78 is 0. The van der Waals surface area contributed by atoms with Crippen molar-refractivity contribution in [2.45, 2.75) is 39.0 Å². The molecule has 0 bridgehead atoms. The molecule has 0 spiro atoms. The molecule has 0 aliphatic carbocycles. The molecule has 2 aromatic rings. The summed E-state index contributed by atoms with van der Waals surface area (Å²) in [4.78, 5) is 18.9. The van der Waals surface area contributed by atoms with Gasteiger partial charge in [-0.2, -0.15) is 0 Å². The van der Waals surface area contributed by atoms with E-state index in [0.29, 0.717) is 11.8 Å². The maximum absolute atomic E-state index is 12.7. The second kappa shape index (κ2) is 7.61. The van der Waals surface area contributed by atoms with Crippen molar-refractivity contribution in [2.75, 3.05) is 13.1 Å². The third-order valence-electron chi connectivity index (χ3n) is 4.97. The Morgan fingerprint density at radius 1 is 1.17 bits per heavy atom. The van der Waals surface area contributed by atoms with Crippen molar-refractivity contribution in [1.29, 1.82) is 0 Å². The number of hydrogen-bond acceptors (Lipinski definition) is 2. The average Bonchev–Trinajstić information content (AvgIpc) is 2.63. The molecule has 1 aliphatic rings. The Bertz CT molecular complexity index is 656. The molecule has 0 saturated carbocycles. The Morgan fingerprint density at radius 2 is 1.88 bits per heavy atom. The lowest BCUT2D eigenvalue weighted by molar-refractivity contribution is 0.0690. The lowest BCUT2D eigenvalue weighted by Gasteiger charge is -2.32. The molecule has 0 radical (unpaired) electrons. The minimum Gasteiger partial charge on any atom is -0.339 e. The summed E-state index contributed by atoms with van der Waals surface area (Å²) in [6, 6.07) is 12.2. The maximum Gasteiger partial charge on any atom is 0.253 e. The van der Waals surface area contributed by atoms with Gasteiger partial charge in [0, 0.05) is 31.0 Å². The number of piperidine rings is 1. The van der Waals surface area contributed by atoms with E-state index in [2.05, 4.69) is 37.0 Å². The third-order valence-corrected chi connectivity index (χ3v) is 4.97. The van der Waals surface area contributed by atoms with Crippen molar-refractivity contribution >= 4 is 5.91 Å². The van der Waals surface area contributed by atoms with Crippen LogP contribution in [0.5, 0.6) is 0 Å². The zero-order valence-electron chi connectivity index (χ0n) is 14.6. The van der Waals surface area contributed by atoms with E-state index in [-0.39, 0.29) is 5.91 Å². The van der Waals surface area contributed by atoms with Crippen LogP contribution < -0.4 is 0 Å². The smallest absolute Gasteiger partial charge is 0.253 e. The van der Waals surface area contributed by atoms with Crippen LogP contribution in [0.15, 0.2) is 48.8 Å². The van der Waals surface area contributed by atoms with Crippen molar-refractivity contribution in [3.8, 4) is 0 Å². The van der Waals surface area contributed by atoms with Gasteiger partial charge in [-0.3, -0.25) is 9.78 Å². The molecule has 1 aliphatic heterocycles. The number of likely N-dealkylation sites (tertiary alicyclic amines) is 1. The van der Waals surface area contributed by atoms with Gasteiger partial charge in [0.2, 0.25) is 0 Å². The lowest BCUT2D eigenvalue weighted by Crippen LogP contribution is -2.38. The van der Waals surface area contributed by atoms with Gasteiger partial charge in [0.15, 0.2) is 0 Å². The van der Waals surface area contributed by atoms with Crippen LogP contribution in [0.25, 0.3) is 0 Å². The topological polar surface area (TPSA) is 33.2 Å². The van der Waals surface area contributed by atoms with Crippen LogP contribution in [-0.2, 0) is 6.42 Å². The number of pyridine rings is 1. The van der Waals surface area contributed by atoms with Crippen LogP contribution in [-0.4, -0.2) is 28.9 Å². The molecule has 0 unspecified atom stereocenters. The van der Waals surface area contributed by atoms with Gasteiger partial charge in [0.05, 0.1) is 0 Å². The van der Waals surface area contributed by atoms with Crippen molar-refractivity contribution in [3.63, 3.8) is 0 Å². The second-order valence-electron chi connectivity index (χ2n) is 7.08. The van der Waals surface area contributed by atoms with E-state index in [4.69, 9.17) is 0 Å². The summed E-state index contributed by atoms with van der Waals surface area (Å²) in [6.45, 7) is 6.05. The Labute approximate surface area is 144 Å². The SMILES string of the molecule is CC(C)c1ccc(C(=O)N2CCC(Cc3cccnc3)CC2)cc1. The van der Waals surface area contributed by atoms with Crippen LogP contribution >= 0.6 is 0 Å². The first-order valence-corrected chi connectivity index (χ1v) is 8.91. The van der Waals surface area contributed by atoms with Gasteiger partial charge in [0.1, 0.15) is 0 Å². The van der Waals surface area contributed by atoms with Crippen LogP contribution in [0.3, 0.4) is 0 Å². The Balaban J connectivity index is 1.55. The Kier molecular flexibility index (Phi) is 5.29. The fourth-order valence-electron chi connectivity index (χ4n) is 3.39. The van der Waals surface area contributed by atoms with Crippen molar-refractivity contribution in [1.82, 2.24) is 9.88 Å². The zero-order chi connectivity index (χ0) is 16.9. The molecule has 0 atom stereocenters. The number of benzene rings is 1. The normalized spacial score (nSPS) is 15.7. The number of rotatable bonds is 4. The number of aromatic nitrogens is 1. The van der Waals surface area contributed by atoms with Gasteiger partial charge >= 0.3 is 0 Å². The molecule has 1 fully saturated rings. The van der Waals surface area contributed by atoms with E-state index in [1.165, 1.54) is 11.1 Å². The molecule has 3 heteroatoms. The molecule has 126 valence electrons. The highest BCUT2D eigenvalue weighted by Crippen LogP contribution is 2.23. The van der Waals surface area contributed by atoms with Crippen LogP contribution in [0.4, 0.5) is 0 Å². The fourth-order valence-corrected chi connectivity index (χ4v) is 3.39. The Morgan fingerprint density at radius 3 is 2.46 bits per heavy atom. The fraction of sp³-hybridized carbons (Fsp3) is 0.429. The lowest BCUT2D eigenvalue weighted by atomic mass is 9.90. The highest BCUT2D eigenvalue weighted by Gasteiger charge is 2.23. The Hall–Kier alpha value is -2.16. The largest absolute Gasteiger partial charge is 0.339 e. The average molecular weight is 322 g/mol. The maximum atomic E-state index is 12.7. The van der Waals surface area contributed by atoms with Gasteiger partial charge in [-0.05, 0) is 60.4 Å². The van der Waals surface area contributed by atoms with Gasteiger partial charge in [-0.15, -0.1) is 0 Å². The number of nitrogens with zero attached hydrogens (tertiary/aromatic N) is 2. The van der Waals surface area contributed by atoms with E-state index >= 15 is 0 Å². The highest BCUT2D eigenvalue weighted by atomic mass is 16.2. The summed E-state index contributed by atoms with van der Waals surface area (Å²) in [5, 5.41) is 0. The summed E-state index contributed by atoms with van der Waals surface area (Å²) in [6.07, 6.45) is 6.98. The quantitative estimate of drug-likeness (QED) is 0.841. The van der Waals surface area contributed by atoms with Gasteiger partial charge in [-0.1, -0.05) is 32.0 Å². The van der Waals surface area contributed by atoms with E-state index in [0.717, 1.165) is 37.9 Å². The molecule has 1 aromatic heterocycles. The van der Waals surface area contributed by atoms with Crippen LogP contribution in [0.1, 0.15) is 54.1 Å². The molecular weight excluding hydrogens is 296 g/mol. The first-order chi connectivity index (χ1) is 11.6. The molecule has 1 aromatic carbocycles. The highest BCUT2D eigenvalue weighted by molar-refractivity contribution is 5.94. The van der Waals surface area contributed by atoms with Gasteiger partial charge < -0.3 is 4.90 Å². The molecule has 3 nitrogen and oxygen atoms in total. The number of carbonyl (C=O) groups excluding carboxylic acids is 1. The van der Waals surface area contributed by atoms with E-state index < -0.39 is 0 Å². The van der Waals surface area contributed by atoms with Gasteiger partial charge in [-0.25, -0.2) is 0 Å². The molecule has 2 heterocycles. The second-order valence-corrected chi connectivity index (χ2v) is 7.08. The molecular formula is C21H26N2O. The number of hydrogen-bond donors (Lipinski definition) is 0. The standard InChI is InChI=1S/C21H26N2O/c1-16(2)19-5-7-20(8-6-19)21(24)23-12-9-17(10-13-23)14-18-4-3-11-22-15-18/h3-8,11,15-17H,9-10,12-14H2,1-2H3. The minimum atomic E-state index is 0.171. The number of carbonyl (C=O) groups is 1. The summed E-state index contributed by atoms with van der Waals surface area (Å²) in [5.41, 5.74) is 3.39. The van der Waals surface area contributed by atoms with Crippen molar-refractivity contribution in [3.05, 3.63) is 65.5 Å². The predicted octanol–water partition coefficient (Wildman–Crippen LogP) is 4.30. The minimum absolute atomic E-state index is 0.171. The molecule has 24 heavy (non-hydrogen) atoms. The molecule has 3 rings (SSSR count). The van der Waals surface area contributed by atoms with Gasteiger partial charge in [0.25, 0.3) is 5.91 Å². The van der Waals surface area contributed by atoms with E-state index in [1.807, 2.05) is 35.5 Å². The van der Waals surface area contributed by atoms with Crippen LogP contribution in [0.2, 0.25) is 0 Å². The summed E-state index contributed by atoms with van der Waals surface area (Å²) in [5.74, 6) is 1.32. The zero-order valence-corrected chi connectivity index (χ0v) is 14.6. The summed E-state index contributed by atoms with van der Waals surface area (Å²) in [7, 11) is 0. The number of amides is 1. The van der Waals surface area contributed by atoms with Crippen molar-refractivity contribution in [2.24, 2.45) is 5.92 Å². The van der Waals surface area contributed by atoms with E-state index in [9.17, 15) is 4.79 Å². The first-order valence-electron chi connectivity index (χ1n) is 8.91. The van der Waals surface area contributed by atoms with Crippen molar-refractivity contribution < 1.29 is 4.79 Å². The molecule has 1 amide bonds. The molecule has 0 N–H and O–H groups in total. The summed E-state index contributed by atoms with van der Waals surface area (Å²) >= 11 is 0. The van der Waals surface area contributed by atoms with E-state index in [1.54, 1.807) is 0 Å². The monoisotopic (exact) mass is 322 g/mol. The molecule has 1 saturated heterocycles.